The lowest BCUT2D eigenvalue weighted by molar-refractivity contribution is 0.0127. The Balaban J connectivity index is 1.18. The van der Waals surface area contributed by atoms with Gasteiger partial charge in [0.1, 0.15) is 0 Å². The van der Waals surface area contributed by atoms with Gasteiger partial charge in [0.15, 0.2) is 0 Å². The number of hydrogen-bond donors (Lipinski definition) is 0. The summed E-state index contributed by atoms with van der Waals surface area (Å²) in [6.07, 6.45) is 23.0. The van der Waals surface area contributed by atoms with Crippen LogP contribution in [0, 0.1) is 65.1 Å². The third-order valence-corrected chi connectivity index (χ3v) is 22.0. The van der Waals surface area contributed by atoms with E-state index in [9.17, 15) is 0 Å². The minimum atomic E-state index is 0.0267. The maximum absolute atomic E-state index is 2.68. The first kappa shape index (κ1) is 27.7. The van der Waals surface area contributed by atoms with Gasteiger partial charge in [0.05, 0.1) is 0 Å². The van der Waals surface area contributed by atoms with Crippen molar-refractivity contribution in [3.8, 4) is 0 Å². The molecule has 0 N–H and O–H groups in total. The average Bonchev–Trinajstić information content (AvgIpc) is 3.13. The van der Waals surface area contributed by atoms with Crippen molar-refractivity contribution >= 4 is 15.8 Å². The second-order valence-electron chi connectivity index (χ2n) is 18.5. The van der Waals surface area contributed by atoms with Gasteiger partial charge in [0.2, 0.25) is 0 Å². The molecule has 0 amide bonds. The molecule has 9 fully saturated rings. The van der Waals surface area contributed by atoms with Gasteiger partial charge in [-0.1, -0.05) is 70.7 Å². The smallest absolute Gasteiger partial charge is 0.0149 e. The third-order valence-electron chi connectivity index (χ3n) is 13.9. The highest BCUT2D eigenvalue weighted by atomic mass is 31.1. The van der Waals surface area contributed by atoms with E-state index in [1.165, 1.54) is 11.3 Å². The highest BCUT2D eigenvalue weighted by Crippen LogP contribution is 2.72. The van der Waals surface area contributed by atoms with Crippen molar-refractivity contribution in [1.29, 1.82) is 0 Å². The van der Waals surface area contributed by atoms with E-state index in [0.717, 1.165) is 65.1 Å². The van der Waals surface area contributed by atoms with Crippen LogP contribution in [0.1, 0.15) is 126 Å². The van der Waals surface area contributed by atoms with Crippen LogP contribution < -0.4 is 0 Å². The van der Waals surface area contributed by atoms with Crippen molar-refractivity contribution in [3.05, 3.63) is 0 Å². The van der Waals surface area contributed by atoms with Gasteiger partial charge in [-0.15, -0.1) is 0 Å². The Morgan fingerprint density at radius 1 is 0.526 bits per heavy atom. The largest absolute Gasteiger partial charge is 0.0989 e. The fourth-order valence-corrected chi connectivity index (χ4v) is 22.5. The lowest BCUT2D eigenvalue weighted by Crippen LogP contribution is -2.53. The normalized spacial score (nSPS) is 50.4. The SMILES string of the molecule is CC1CCC(CP(C2C3CC4CC(C3)CC2C4)C2C3CC4CC(C3)CC2C4)C1CP(C(C)(C)C)C(C)(C)C. The van der Waals surface area contributed by atoms with E-state index < -0.39 is 0 Å². The van der Waals surface area contributed by atoms with Gasteiger partial charge in [-0.3, -0.25) is 0 Å². The molecule has 9 rings (SSSR count). The molecule has 9 aliphatic carbocycles. The van der Waals surface area contributed by atoms with Gasteiger partial charge in [0.25, 0.3) is 0 Å². The quantitative estimate of drug-likeness (QED) is 0.285. The Labute approximate surface area is 239 Å². The van der Waals surface area contributed by atoms with E-state index in [-0.39, 0.29) is 15.8 Å². The molecule has 0 spiro atoms. The summed E-state index contributed by atoms with van der Waals surface area (Å²) >= 11 is 0. The summed E-state index contributed by atoms with van der Waals surface area (Å²) in [5.74, 6) is 12.3. The predicted molar refractivity (Wildman–Crippen MR) is 170 cm³/mol. The van der Waals surface area contributed by atoms with E-state index >= 15 is 0 Å². The zero-order chi connectivity index (χ0) is 26.6. The summed E-state index contributed by atoms with van der Waals surface area (Å²) in [5.41, 5.74) is 2.40. The standard InChI is InChI=1S/C36H62P2/c1-22-8-9-27(32(22)21-38(35(2,3)4)36(5,6)7)20-37(33-28-12-23-10-24(14-28)15-29(33)13-23)34-30-16-25-11-26(18-30)19-31(34)17-25/h22-34H,8-21H2,1-7H3. The van der Waals surface area contributed by atoms with E-state index in [1.54, 1.807) is 89.4 Å². The van der Waals surface area contributed by atoms with E-state index in [4.69, 9.17) is 0 Å². The minimum Gasteiger partial charge on any atom is -0.0989 e. The molecule has 38 heavy (non-hydrogen) atoms. The summed E-state index contributed by atoms with van der Waals surface area (Å²) in [5, 5.41) is 0.960. The van der Waals surface area contributed by atoms with Crippen molar-refractivity contribution in [2.75, 3.05) is 12.3 Å². The predicted octanol–water partition coefficient (Wildman–Crippen LogP) is 10.9. The van der Waals surface area contributed by atoms with Gasteiger partial charge in [0, 0.05) is 0 Å². The van der Waals surface area contributed by atoms with Crippen LogP contribution in [-0.2, 0) is 0 Å². The summed E-state index contributed by atoms with van der Waals surface area (Å²) in [4.78, 5) is 0. The molecule has 0 aromatic carbocycles. The van der Waals surface area contributed by atoms with Gasteiger partial charge >= 0.3 is 0 Å². The van der Waals surface area contributed by atoms with Crippen LogP contribution in [-0.4, -0.2) is 34.0 Å². The molecule has 0 radical (unpaired) electrons. The zero-order valence-electron chi connectivity index (χ0n) is 26.3. The lowest BCUT2D eigenvalue weighted by Gasteiger charge is -2.62. The Hall–Kier alpha value is 0.860. The molecule has 9 aliphatic rings. The van der Waals surface area contributed by atoms with Crippen molar-refractivity contribution in [3.63, 3.8) is 0 Å². The van der Waals surface area contributed by atoms with Gasteiger partial charge < -0.3 is 0 Å². The van der Waals surface area contributed by atoms with Crippen LogP contribution in [0.3, 0.4) is 0 Å². The molecule has 216 valence electrons. The number of rotatable bonds is 6. The third kappa shape index (κ3) is 4.95. The van der Waals surface area contributed by atoms with E-state index in [1.807, 2.05) is 0 Å². The van der Waals surface area contributed by atoms with Crippen molar-refractivity contribution in [2.45, 2.75) is 147 Å². The average molecular weight is 557 g/mol. The highest BCUT2D eigenvalue weighted by Gasteiger charge is 2.57. The molecule has 0 saturated heterocycles. The summed E-state index contributed by atoms with van der Waals surface area (Å²) in [7, 11) is 0.236. The van der Waals surface area contributed by atoms with Crippen LogP contribution in [0.5, 0.6) is 0 Å². The molecular formula is C36H62P2. The molecule has 0 aliphatic heterocycles. The molecule has 9 saturated carbocycles. The summed E-state index contributed by atoms with van der Waals surface area (Å²) in [6, 6.07) is 0. The van der Waals surface area contributed by atoms with Crippen LogP contribution in [0.2, 0.25) is 0 Å². The molecule has 8 bridgehead atoms. The molecular weight excluding hydrogens is 494 g/mol. The lowest BCUT2D eigenvalue weighted by atomic mass is 9.55. The van der Waals surface area contributed by atoms with E-state index in [2.05, 4.69) is 48.5 Å². The summed E-state index contributed by atoms with van der Waals surface area (Å²) in [6.45, 7) is 18.1. The Morgan fingerprint density at radius 2 is 0.921 bits per heavy atom. The van der Waals surface area contributed by atoms with Crippen molar-refractivity contribution < 1.29 is 0 Å². The maximum atomic E-state index is 2.68. The molecule has 2 heteroatoms. The number of hydrogen-bond acceptors (Lipinski definition) is 0. The first-order chi connectivity index (χ1) is 17.9. The second-order valence-corrected chi connectivity index (χ2v) is 25.0. The van der Waals surface area contributed by atoms with Gasteiger partial charge in [-0.25, -0.2) is 0 Å². The maximum Gasteiger partial charge on any atom is -0.0149 e. The van der Waals surface area contributed by atoms with E-state index in [0.29, 0.717) is 10.3 Å². The Kier molecular flexibility index (Phi) is 7.26. The second kappa shape index (κ2) is 9.96. The molecule has 0 aromatic rings. The van der Waals surface area contributed by atoms with Gasteiger partial charge in [-0.2, -0.15) is 0 Å². The highest BCUT2D eigenvalue weighted by molar-refractivity contribution is 7.61. The van der Waals surface area contributed by atoms with Crippen LogP contribution in [0.25, 0.3) is 0 Å². The molecule has 3 atom stereocenters. The van der Waals surface area contributed by atoms with Crippen molar-refractivity contribution in [2.24, 2.45) is 65.1 Å². The first-order valence-corrected chi connectivity index (χ1v) is 20.7. The van der Waals surface area contributed by atoms with Crippen LogP contribution >= 0.6 is 15.8 Å². The zero-order valence-corrected chi connectivity index (χ0v) is 28.1. The fraction of sp³-hybridized carbons (Fsp3) is 1.00. The van der Waals surface area contributed by atoms with Crippen molar-refractivity contribution in [1.82, 2.24) is 0 Å². The van der Waals surface area contributed by atoms with Gasteiger partial charge in [-0.05, 0) is 170 Å². The Morgan fingerprint density at radius 3 is 1.29 bits per heavy atom. The topological polar surface area (TPSA) is 0 Å². The Bertz CT molecular complexity index is 750. The molecule has 3 unspecified atom stereocenters. The molecule has 0 aromatic heterocycles. The fourth-order valence-electron chi connectivity index (χ4n) is 13.3. The minimum absolute atomic E-state index is 0.0267. The van der Waals surface area contributed by atoms with Crippen LogP contribution in [0.15, 0.2) is 0 Å². The first-order valence-electron chi connectivity index (χ1n) is 17.5. The molecule has 0 nitrogen and oxygen atoms in total. The molecule has 0 heterocycles. The van der Waals surface area contributed by atoms with Crippen LogP contribution in [0.4, 0.5) is 0 Å². The summed E-state index contributed by atoms with van der Waals surface area (Å²) < 4.78 is 0. The monoisotopic (exact) mass is 556 g/mol.